The lowest BCUT2D eigenvalue weighted by atomic mass is 9.65. The summed E-state index contributed by atoms with van der Waals surface area (Å²) < 4.78 is 354. The molecule has 2 rings (SSSR count). The van der Waals surface area contributed by atoms with Gasteiger partial charge in [-0.2, -0.15) is 119 Å². The second kappa shape index (κ2) is 16.8. The van der Waals surface area contributed by atoms with E-state index in [2.05, 4.69) is 11.3 Å². The first-order valence-corrected chi connectivity index (χ1v) is 15.8. The number of alkyl halides is 27. The van der Waals surface area contributed by atoms with Gasteiger partial charge in [0.25, 0.3) is 22.4 Å². The lowest BCUT2D eigenvalue weighted by Crippen LogP contribution is -2.67. The zero-order chi connectivity index (χ0) is 50.1. The Labute approximate surface area is 325 Å². The summed E-state index contributed by atoms with van der Waals surface area (Å²) >= 11 is 0. The van der Waals surface area contributed by atoms with Gasteiger partial charge in [-0.15, -0.1) is 0 Å². The maximum absolute atomic E-state index is 13.2. The lowest BCUT2D eigenvalue weighted by molar-refractivity contribution is -0.406. The first kappa shape index (κ1) is 57.1. The van der Waals surface area contributed by atoms with E-state index >= 15 is 0 Å². The Morgan fingerprint density at radius 2 is 0.581 bits per heavy atom. The van der Waals surface area contributed by atoms with E-state index in [1.54, 1.807) is 0 Å². The number of carbonyl (C=O) groups is 1. The zero-order valence-corrected chi connectivity index (χ0v) is 29.2. The van der Waals surface area contributed by atoms with E-state index in [-0.39, 0.29) is 0 Å². The van der Waals surface area contributed by atoms with Crippen LogP contribution in [-0.4, -0.2) is 122 Å². The van der Waals surface area contributed by atoms with Gasteiger partial charge in [-0.05, 0) is 38.5 Å². The summed E-state index contributed by atoms with van der Waals surface area (Å²) in [6.07, 6.45) is -75.9. The summed E-state index contributed by atoms with van der Waals surface area (Å²) in [6, 6.07) is 0. The monoisotopic (exact) mass is 986 g/mol. The van der Waals surface area contributed by atoms with Gasteiger partial charge in [0.2, 0.25) is 0 Å². The topological polar surface area (TPSA) is 127 Å². The number of rotatable bonds is 6. The van der Waals surface area contributed by atoms with Crippen molar-refractivity contribution >= 4 is 5.97 Å². The highest BCUT2D eigenvalue weighted by Crippen LogP contribution is 2.60. The lowest BCUT2D eigenvalue weighted by Gasteiger charge is -2.48. The Morgan fingerprint density at radius 1 is 0.387 bits per heavy atom. The van der Waals surface area contributed by atoms with Gasteiger partial charge in [0, 0.05) is 23.7 Å². The normalized spacial score (nSPS) is 25.2. The molecule has 5 N–H and O–H groups in total. The molecule has 0 amide bonds. The highest BCUT2D eigenvalue weighted by molar-refractivity contribution is 5.89. The zero-order valence-electron chi connectivity index (χ0n) is 29.2. The van der Waals surface area contributed by atoms with Gasteiger partial charge < -0.3 is 30.3 Å². The molecule has 0 aromatic rings. The molecule has 4 atom stereocenters. The number of halogens is 27. The predicted octanol–water partition coefficient (Wildman–Crippen LogP) is 8.62. The third-order valence-corrected chi connectivity index (χ3v) is 10.0. The Hall–Kier alpha value is -2.88. The van der Waals surface area contributed by atoms with Crippen LogP contribution in [0, 0.1) is 23.7 Å². The number of esters is 1. The predicted molar refractivity (Wildman–Crippen MR) is 141 cm³/mol. The molecule has 0 radical (unpaired) electrons. The Morgan fingerprint density at radius 3 is 0.758 bits per heavy atom. The molecule has 34 heteroatoms. The average molecular weight is 986 g/mol. The van der Waals surface area contributed by atoms with Crippen molar-refractivity contribution in [2.75, 3.05) is 0 Å². The molecule has 0 heterocycles. The molecule has 4 unspecified atom stereocenters. The van der Waals surface area contributed by atoms with E-state index in [9.17, 15) is 149 Å². The van der Waals surface area contributed by atoms with Crippen LogP contribution in [0.25, 0.3) is 0 Å². The second-order valence-electron chi connectivity index (χ2n) is 13.9. The first-order valence-electron chi connectivity index (χ1n) is 15.8. The highest BCUT2D eigenvalue weighted by Gasteiger charge is 2.80. The first-order chi connectivity index (χ1) is 26.7. The van der Waals surface area contributed by atoms with Crippen LogP contribution in [0.2, 0.25) is 0 Å². The van der Waals surface area contributed by atoms with Crippen LogP contribution in [0.3, 0.4) is 0 Å². The molecule has 0 spiro atoms. The fraction of sp³-hybridized carbons (Fsp3) is 0.893. The summed E-state index contributed by atoms with van der Waals surface area (Å²) in [7, 11) is 0. The minimum Gasteiger partial charge on any atom is -0.459 e. The summed E-state index contributed by atoms with van der Waals surface area (Å²) in [5.74, 6) is -16.6. The van der Waals surface area contributed by atoms with Crippen molar-refractivity contribution in [2.45, 2.75) is 129 Å². The van der Waals surface area contributed by atoms with Crippen LogP contribution >= 0.6 is 0 Å². The van der Waals surface area contributed by atoms with Crippen molar-refractivity contribution in [3.63, 3.8) is 0 Å². The molecule has 2 aliphatic rings. The van der Waals surface area contributed by atoms with Crippen molar-refractivity contribution in [2.24, 2.45) is 23.7 Å². The summed E-state index contributed by atoms with van der Waals surface area (Å²) in [5, 5.41) is 46.7. The summed E-state index contributed by atoms with van der Waals surface area (Å²) in [4.78, 5) is 11.5. The van der Waals surface area contributed by atoms with E-state index < -0.39 is 164 Å². The molecule has 2 fully saturated rings. The Balaban J connectivity index is 0.000000641. The van der Waals surface area contributed by atoms with E-state index in [1.807, 2.05) is 0 Å². The summed E-state index contributed by atoms with van der Waals surface area (Å²) in [5.41, 5.74) is -25.8. The number of hydrogen-bond donors (Lipinski definition) is 5. The van der Waals surface area contributed by atoms with Crippen molar-refractivity contribution in [3.05, 3.63) is 12.2 Å². The molecule has 7 nitrogen and oxygen atoms in total. The molecule has 0 aromatic carbocycles. The van der Waals surface area contributed by atoms with Crippen molar-refractivity contribution in [1.82, 2.24) is 0 Å². The van der Waals surface area contributed by atoms with Crippen molar-refractivity contribution in [1.29, 1.82) is 0 Å². The molecule has 368 valence electrons. The third kappa shape index (κ3) is 10.5. The fourth-order valence-corrected chi connectivity index (χ4v) is 6.85. The molecule has 0 aliphatic heterocycles. The second-order valence-corrected chi connectivity index (χ2v) is 13.9. The van der Waals surface area contributed by atoms with Gasteiger partial charge in [-0.25, -0.2) is 4.79 Å². The van der Waals surface area contributed by atoms with E-state index in [0.29, 0.717) is 0 Å². The molecule has 0 bridgehead atoms. The van der Waals surface area contributed by atoms with E-state index in [4.69, 9.17) is 0 Å². The van der Waals surface area contributed by atoms with Crippen molar-refractivity contribution < 1.29 is 154 Å². The minimum atomic E-state index is -6.78. The van der Waals surface area contributed by atoms with Gasteiger partial charge >= 0.3 is 61.6 Å². The van der Waals surface area contributed by atoms with Crippen LogP contribution in [0.15, 0.2) is 12.2 Å². The molecule has 0 saturated heterocycles. The van der Waals surface area contributed by atoms with Gasteiger partial charge in [-0.1, -0.05) is 6.58 Å². The van der Waals surface area contributed by atoms with Gasteiger partial charge in [-0.3, -0.25) is 0 Å². The van der Waals surface area contributed by atoms with E-state index in [1.165, 1.54) is 0 Å². The molecule has 0 aromatic heterocycles. The smallest absolute Gasteiger partial charge is 0.426 e. The third-order valence-electron chi connectivity index (χ3n) is 10.0. The molecule has 2 saturated carbocycles. The van der Waals surface area contributed by atoms with Crippen LogP contribution in [-0.2, 0) is 9.53 Å². The summed E-state index contributed by atoms with van der Waals surface area (Å²) in [6.45, 7) is 2.17. The molecule has 62 heavy (non-hydrogen) atoms. The SMILES string of the molecule is C=C(C(=O)OC1CC(C(O)(C(F)(F)F)C(F)(F)F)CC(C(O)(C(F)(F)F)C(F)(F)F)C1)C(F)(F)F.OC1CC(C(O)(C(F)(F)F)C(F)(F)F)CC(C(O)(C(F)(F)F)C(F)(F)F)C1. The number of carbonyl (C=O) groups excluding carboxylic acids is 1. The van der Waals surface area contributed by atoms with E-state index in [0.717, 1.165) is 0 Å². The molecular weight excluding hydrogens is 961 g/mol. The maximum Gasteiger partial charge on any atom is 0.426 e. The van der Waals surface area contributed by atoms with Crippen LogP contribution in [0.4, 0.5) is 119 Å². The van der Waals surface area contributed by atoms with Crippen LogP contribution in [0.5, 0.6) is 0 Å². The minimum absolute atomic E-state index is 1.59. The van der Waals surface area contributed by atoms with Gasteiger partial charge in [0.05, 0.1) is 6.10 Å². The Bertz CT molecular complexity index is 1410. The number of ether oxygens (including phenoxy) is 1. The van der Waals surface area contributed by atoms with Crippen LogP contribution in [0.1, 0.15) is 38.5 Å². The van der Waals surface area contributed by atoms with Gasteiger partial charge in [0.15, 0.2) is 0 Å². The largest absolute Gasteiger partial charge is 0.459 e. The molecular formula is C28H25F27O7. The van der Waals surface area contributed by atoms with Crippen LogP contribution < -0.4 is 0 Å². The number of aliphatic hydroxyl groups is 5. The van der Waals surface area contributed by atoms with Gasteiger partial charge in [0.1, 0.15) is 11.7 Å². The molecule has 2 aliphatic carbocycles. The highest BCUT2D eigenvalue weighted by atomic mass is 19.5. The van der Waals surface area contributed by atoms with Crippen molar-refractivity contribution in [3.8, 4) is 0 Å². The number of aliphatic hydroxyl groups excluding tert-OH is 1. The maximum atomic E-state index is 13.2. The average Bonchev–Trinajstić information content (AvgIpc) is 3.01. The standard InChI is InChI=1S/C16H13F15O4.C12H12F12O3/c1-5(12(17,18)19)9(32)35-8-3-6(10(33,13(20,21)22)14(23,24)25)2-7(4-8)11(34,15(26,27)28)16(29,30)31;13-9(14,15)7(26,10(16,17)18)4-1-5(3-6(25)2-4)8(27,11(19,20)21)12(22,23)24/h6-8,33-34H,1-4H2;4-6,25-27H,1-3H2. The Kier molecular flexibility index (Phi) is 15.5. The number of hydrogen-bond acceptors (Lipinski definition) is 7. The fourth-order valence-electron chi connectivity index (χ4n) is 6.85. The quantitative estimate of drug-likeness (QED) is 0.103.